The number of likely N-dealkylation sites (N-methyl/N-ethyl adjacent to an activating group) is 1. The number of hydrogen-bond donors (Lipinski definition) is 0. The van der Waals surface area contributed by atoms with E-state index in [9.17, 15) is 14.4 Å². The summed E-state index contributed by atoms with van der Waals surface area (Å²) in [5.41, 5.74) is 2.26. The van der Waals surface area contributed by atoms with Gasteiger partial charge in [0.1, 0.15) is 6.04 Å². The first-order valence-corrected chi connectivity index (χ1v) is 9.01. The molecule has 1 aliphatic rings. The number of carbonyl (C=O) groups excluding carboxylic acids is 3. The van der Waals surface area contributed by atoms with Crippen LogP contribution in [0.25, 0.3) is 5.69 Å². The zero-order valence-electron chi connectivity index (χ0n) is 16.1. The highest BCUT2D eigenvalue weighted by molar-refractivity contribution is 6.43. The molecular formula is C20H24N4O3. The van der Waals surface area contributed by atoms with Crippen LogP contribution in [0.4, 0.5) is 0 Å². The van der Waals surface area contributed by atoms with Gasteiger partial charge < -0.3 is 9.80 Å². The van der Waals surface area contributed by atoms with Crippen LogP contribution in [0, 0.1) is 13.8 Å². The number of nitrogens with zero attached hydrogens (tertiary/aromatic N) is 4. The molecule has 1 atom stereocenters. The number of para-hydroxylation sites is 1. The van der Waals surface area contributed by atoms with E-state index >= 15 is 0 Å². The zero-order valence-corrected chi connectivity index (χ0v) is 16.1. The maximum atomic E-state index is 13.0. The first kappa shape index (κ1) is 18.8. The average Bonchev–Trinajstić information content (AvgIpc) is 3.25. The number of benzene rings is 1. The van der Waals surface area contributed by atoms with Gasteiger partial charge in [0.05, 0.1) is 22.6 Å². The Morgan fingerprint density at radius 1 is 1.11 bits per heavy atom. The summed E-state index contributed by atoms with van der Waals surface area (Å²) in [7, 11) is 3.31. The number of Topliss-reactive ketones (excluding diaryl/α,β-unsaturated/α-hetero) is 1. The van der Waals surface area contributed by atoms with Gasteiger partial charge in [0.25, 0.3) is 11.7 Å². The third-order valence-electron chi connectivity index (χ3n) is 4.95. The van der Waals surface area contributed by atoms with Crippen molar-refractivity contribution in [1.82, 2.24) is 19.6 Å². The minimum Gasteiger partial charge on any atom is -0.347 e. The number of aryl methyl sites for hydroxylation is 1. The van der Waals surface area contributed by atoms with Gasteiger partial charge in [0.2, 0.25) is 5.91 Å². The molecule has 7 nitrogen and oxygen atoms in total. The molecule has 1 saturated heterocycles. The van der Waals surface area contributed by atoms with Gasteiger partial charge in [-0.3, -0.25) is 14.4 Å². The van der Waals surface area contributed by atoms with Crippen molar-refractivity contribution in [2.24, 2.45) is 0 Å². The maximum Gasteiger partial charge on any atom is 0.295 e. The number of rotatable bonds is 4. The lowest BCUT2D eigenvalue weighted by Gasteiger charge is -2.25. The lowest BCUT2D eigenvalue weighted by Crippen LogP contribution is -2.47. The molecule has 0 bridgehead atoms. The van der Waals surface area contributed by atoms with E-state index in [0.717, 1.165) is 5.69 Å². The van der Waals surface area contributed by atoms with Crippen LogP contribution in [-0.2, 0) is 9.59 Å². The van der Waals surface area contributed by atoms with Crippen molar-refractivity contribution >= 4 is 17.6 Å². The van der Waals surface area contributed by atoms with Crippen molar-refractivity contribution in [1.29, 1.82) is 0 Å². The molecule has 2 heterocycles. The molecule has 1 aromatic carbocycles. The fourth-order valence-corrected chi connectivity index (χ4v) is 3.59. The van der Waals surface area contributed by atoms with E-state index < -0.39 is 17.7 Å². The van der Waals surface area contributed by atoms with E-state index in [1.165, 1.54) is 9.80 Å². The molecule has 0 saturated carbocycles. The number of amides is 2. The molecule has 0 radical (unpaired) electrons. The van der Waals surface area contributed by atoms with E-state index in [0.29, 0.717) is 36.3 Å². The molecule has 7 heteroatoms. The van der Waals surface area contributed by atoms with E-state index in [2.05, 4.69) is 5.10 Å². The van der Waals surface area contributed by atoms with Crippen molar-refractivity contribution in [2.45, 2.75) is 32.7 Å². The first-order valence-electron chi connectivity index (χ1n) is 9.01. The van der Waals surface area contributed by atoms with Crippen LogP contribution < -0.4 is 0 Å². The number of likely N-dealkylation sites (tertiary alicyclic amines) is 1. The summed E-state index contributed by atoms with van der Waals surface area (Å²) >= 11 is 0. The molecule has 0 N–H and O–H groups in total. The van der Waals surface area contributed by atoms with Gasteiger partial charge in [-0.15, -0.1) is 0 Å². The summed E-state index contributed by atoms with van der Waals surface area (Å²) in [5, 5.41) is 4.44. The molecule has 1 unspecified atom stereocenters. The molecule has 2 amide bonds. The highest BCUT2D eigenvalue weighted by atomic mass is 16.2. The highest BCUT2D eigenvalue weighted by Crippen LogP contribution is 2.23. The average molecular weight is 368 g/mol. The lowest BCUT2D eigenvalue weighted by molar-refractivity contribution is -0.139. The zero-order chi connectivity index (χ0) is 19.7. The Morgan fingerprint density at radius 3 is 2.41 bits per heavy atom. The quantitative estimate of drug-likeness (QED) is 0.609. The number of ketones is 1. The van der Waals surface area contributed by atoms with E-state index in [-0.39, 0.29) is 5.91 Å². The largest absolute Gasteiger partial charge is 0.347 e. The van der Waals surface area contributed by atoms with Gasteiger partial charge in [-0.05, 0) is 38.8 Å². The minimum absolute atomic E-state index is 0.151. The first-order chi connectivity index (χ1) is 12.8. The Kier molecular flexibility index (Phi) is 5.12. The summed E-state index contributed by atoms with van der Waals surface area (Å²) in [5.74, 6) is -1.39. The SMILES string of the molecule is Cc1nn(-c2ccccc2)c(C)c1C(=O)C(=O)N1CCCC1C(=O)N(C)C. The van der Waals surface area contributed by atoms with Crippen molar-refractivity contribution in [3.05, 3.63) is 47.3 Å². The lowest BCUT2D eigenvalue weighted by atomic mass is 10.1. The van der Waals surface area contributed by atoms with Gasteiger partial charge in [-0.25, -0.2) is 4.68 Å². The molecule has 1 aliphatic heterocycles. The molecule has 2 aromatic rings. The van der Waals surface area contributed by atoms with Crippen molar-refractivity contribution in [3.63, 3.8) is 0 Å². The van der Waals surface area contributed by atoms with Crippen LogP contribution in [-0.4, -0.2) is 63.9 Å². The Hall–Kier alpha value is -2.96. The Bertz CT molecular complexity index is 886. The smallest absolute Gasteiger partial charge is 0.295 e. The molecule has 27 heavy (non-hydrogen) atoms. The highest BCUT2D eigenvalue weighted by Gasteiger charge is 2.39. The predicted octanol–water partition coefficient (Wildman–Crippen LogP) is 1.75. The van der Waals surface area contributed by atoms with Gasteiger partial charge in [0, 0.05) is 20.6 Å². The van der Waals surface area contributed by atoms with Gasteiger partial charge in [-0.1, -0.05) is 18.2 Å². The second kappa shape index (κ2) is 7.34. The van der Waals surface area contributed by atoms with Crippen LogP contribution in [0.15, 0.2) is 30.3 Å². The summed E-state index contributed by atoms with van der Waals surface area (Å²) < 4.78 is 1.67. The van der Waals surface area contributed by atoms with Gasteiger partial charge in [0.15, 0.2) is 0 Å². The molecule has 1 fully saturated rings. The summed E-state index contributed by atoms with van der Waals surface area (Å²) in [6.45, 7) is 3.92. The third-order valence-corrected chi connectivity index (χ3v) is 4.95. The summed E-state index contributed by atoms with van der Waals surface area (Å²) in [4.78, 5) is 41.1. The number of aromatic nitrogens is 2. The molecule has 3 rings (SSSR count). The molecule has 142 valence electrons. The predicted molar refractivity (Wildman–Crippen MR) is 101 cm³/mol. The molecule has 0 spiro atoms. The maximum absolute atomic E-state index is 13.0. The van der Waals surface area contributed by atoms with Crippen LogP contribution in [0.2, 0.25) is 0 Å². The second-order valence-corrected chi connectivity index (χ2v) is 7.01. The Morgan fingerprint density at radius 2 is 1.78 bits per heavy atom. The third kappa shape index (κ3) is 3.37. The van der Waals surface area contributed by atoms with Crippen LogP contribution in [0.1, 0.15) is 34.6 Å². The van der Waals surface area contributed by atoms with E-state index in [4.69, 9.17) is 0 Å². The molecule has 1 aromatic heterocycles. The molecule has 0 aliphatic carbocycles. The fourth-order valence-electron chi connectivity index (χ4n) is 3.59. The number of carbonyl (C=O) groups is 3. The monoisotopic (exact) mass is 368 g/mol. The standard InChI is InChI=1S/C20H24N4O3/c1-13-17(14(2)24(21-13)15-9-6-5-7-10-15)18(25)20(27)23-12-8-11-16(23)19(26)22(3)4/h5-7,9-10,16H,8,11-12H2,1-4H3. The fraction of sp³-hybridized carbons (Fsp3) is 0.400. The Labute approximate surface area is 158 Å². The van der Waals surface area contributed by atoms with Gasteiger partial charge >= 0.3 is 0 Å². The summed E-state index contributed by atoms with van der Waals surface area (Å²) in [6, 6.07) is 8.89. The summed E-state index contributed by atoms with van der Waals surface area (Å²) in [6.07, 6.45) is 1.29. The Balaban J connectivity index is 1.91. The van der Waals surface area contributed by atoms with E-state index in [1.54, 1.807) is 32.6 Å². The van der Waals surface area contributed by atoms with Crippen LogP contribution in [0.5, 0.6) is 0 Å². The number of hydrogen-bond acceptors (Lipinski definition) is 4. The van der Waals surface area contributed by atoms with Crippen molar-refractivity contribution in [2.75, 3.05) is 20.6 Å². The minimum atomic E-state index is -0.633. The normalized spacial score (nSPS) is 16.4. The topological polar surface area (TPSA) is 75.5 Å². The van der Waals surface area contributed by atoms with Gasteiger partial charge in [-0.2, -0.15) is 5.10 Å². The van der Waals surface area contributed by atoms with Crippen molar-refractivity contribution in [3.8, 4) is 5.69 Å². The van der Waals surface area contributed by atoms with Crippen molar-refractivity contribution < 1.29 is 14.4 Å². The van der Waals surface area contributed by atoms with Crippen LogP contribution in [0.3, 0.4) is 0 Å². The van der Waals surface area contributed by atoms with Crippen LogP contribution >= 0.6 is 0 Å². The van der Waals surface area contributed by atoms with E-state index in [1.807, 2.05) is 30.3 Å². The molecular weight excluding hydrogens is 344 g/mol. The second-order valence-electron chi connectivity index (χ2n) is 7.01.